The first kappa shape index (κ1) is 16.6. The summed E-state index contributed by atoms with van der Waals surface area (Å²) in [6.07, 6.45) is 3.35. The molecule has 0 bridgehead atoms. The number of carbonyl (C=O) groups excluding carboxylic acids is 1. The predicted molar refractivity (Wildman–Crippen MR) is 88.3 cm³/mol. The average molecular weight is 333 g/mol. The quantitative estimate of drug-likeness (QED) is 0.769. The first-order valence-electron chi connectivity index (χ1n) is 8.39. The lowest BCUT2D eigenvalue weighted by Gasteiger charge is -2.36. The van der Waals surface area contributed by atoms with Crippen LogP contribution in [-0.4, -0.2) is 58.0 Å². The number of hydrogen-bond donors (Lipinski definition) is 0. The van der Waals surface area contributed by atoms with Crippen molar-refractivity contribution in [2.45, 2.75) is 39.7 Å². The minimum Gasteiger partial charge on any atom is -0.461 e. The summed E-state index contributed by atoms with van der Waals surface area (Å²) in [6, 6.07) is 0.340. The van der Waals surface area contributed by atoms with Crippen molar-refractivity contribution in [1.82, 2.24) is 19.6 Å². The van der Waals surface area contributed by atoms with Crippen LogP contribution in [0.5, 0.6) is 0 Å². The minimum atomic E-state index is -0.426. The van der Waals surface area contributed by atoms with Crippen molar-refractivity contribution >= 4 is 17.6 Å². The maximum absolute atomic E-state index is 12.3. The molecule has 0 aromatic carbocycles. The predicted octanol–water partition coefficient (Wildman–Crippen LogP) is 1.61. The first-order valence-corrected chi connectivity index (χ1v) is 8.39. The molecule has 1 fully saturated rings. The van der Waals surface area contributed by atoms with Crippen molar-refractivity contribution in [3.05, 3.63) is 17.6 Å². The van der Waals surface area contributed by atoms with Crippen molar-refractivity contribution in [3.8, 4) is 0 Å². The standard InChI is InChI=1S/C16H23N5O3/c1-4-20(12-6-8-23-9-7-12)14-11(3)13(15(22)24-5-2)19-16-17-10-18-21(14)16/h10,12H,4-9H2,1-3H3. The van der Waals surface area contributed by atoms with Crippen LogP contribution in [0, 0.1) is 6.92 Å². The molecule has 1 saturated heterocycles. The molecule has 2 aromatic rings. The van der Waals surface area contributed by atoms with Gasteiger partial charge in [0.25, 0.3) is 5.78 Å². The summed E-state index contributed by atoms with van der Waals surface area (Å²) in [5.41, 5.74) is 1.07. The van der Waals surface area contributed by atoms with E-state index in [0.717, 1.165) is 44.0 Å². The number of carbonyl (C=O) groups is 1. The highest BCUT2D eigenvalue weighted by molar-refractivity contribution is 5.91. The zero-order chi connectivity index (χ0) is 17.1. The maximum Gasteiger partial charge on any atom is 0.357 e. The van der Waals surface area contributed by atoms with Crippen LogP contribution in [-0.2, 0) is 9.47 Å². The van der Waals surface area contributed by atoms with Gasteiger partial charge in [-0.05, 0) is 33.6 Å². The second-order valence-corrected chi connectivity index (χ2v) is 5.73. The van der Waals surface area contributed by atoms with Crippen LogP contribution in [0.3, 0.4) is 0 Å². The zero-order valence-electron chi connectivity index (χ0n) is 14.4. The van der Waals surface area contributed by atoms with Crippen LogP contribution >= 0.6 is 0 Å². The Balaban J connectivity index is 2.11. The van der Waals surface area contributed by atoms with Gasteiger partial charge in [0.1, 0.15) is 12.1 Å². The Morgan fingerprint density at radius 3 is 2.83 bits per heavy atom. The van der Waals surface area contributed by atoms with E-state index in [1.54, 1.807) is 11.4 Å². The smallest absolute Gasteiger partial charge is 0.357 e. The van der Waals surface area contributed by atoms with Crippen LogP contribution < -0.4 is 4.90 Å². The van der Waals surface area contributed by atoms with Crippen LogP contribution in [0.1, 0.15) is 42.7 Å². The number of esters is 1. The van der Waals surface area contributed by atoms with Crippen molar-refractivity contribution in [1.29, 1.82) is 0 Å². The number of nitrogens with zero attached hydrogens (tertiary/aromatic N) is 5. The maximum atomic E-state index is 12.3. The monoisotopic (exact) mass is 333 g/mol. The number of aromatic nitrogens is 4. The summed E-state index contributed by atoms with van der Waals surface area (Å²) < 4.78 is 12.3. The SMILES string of the molecule is CCOC(=O)c1nc2ncnn2c(N(CC)C2CCOCC2)c1C. The van der Waals surface area contributed by atoms with E-state index in [-0.39, 0.29) is 0 Å². The van der Waals surface area contributed by atoms with Gasteiger partial charge in [0.05, 0.1) is 6.61 Å². The van der Waals surface area contributed by atoms with Gasteiger partial charge in [-0.15, -0.1) is 0 Å². The van der Waals surface area contributed by atoms with Crippen LogP contribution in [0.4, 0.5) is 5.82 Å². The first-order chi connectivity index (χ1) is 11.7. The molecule has 3 heterocycles. The molecule has 8 nitrogen and oxygen atoms in total. The van der Waals surface area contributed by atoms with E-state index in [4.69, 9.17) is 9.47 Å². The summed E-state index contributed by atoms with van der Waals surface area (Å²) in [4.78, 5) is 23.1. The number of rotatable bonds is 5. The molecule has 0 amide bonds. The Bertz CT molecular complexity index is 724. The van der Waals surface area contributed by atoms with Gasteiger partial charge in [0.2, 0.25) is 0 Å². The fraction of sp³-hybridized carbons (Fsp3) is 0.625. The van der Waals surface area contributed by atoms with E-state index >= 15 is 0 Å². The van der Waals surface area contributed by atoms with Crippen LogP contribution in [0.2, 0.25) is 0 Å². The Kier molecular flexibility index (Phi) is 4.94. The molecule has 0 radical (unpaired) electrons. The van der Waals surface area contributed by atoms with E-state index in [9.17, 15) is 4.79 Å². The highest BCUT2D eigenvalue weighted by atomic mass is 16.5. The molecule has 8 heteroatoms. The normalized spacial score (nSPS) is 15.6. The van der Waals surface area contributed by atoms with Gasteiger partial charge in [-0.2, -0.15) is 14.6 Å². The summed E-state index contributed by atoms with van der Waals surface area (Å²) >= 11 is 0. The van der Waals surface area contributed by atoms with Crippen molar-refractivity contribution in [2.75, 3.05) is 31.3 Å². The third kappa shape index (κ3) is 2.93. The van der Waals surface area contributed by atoms with Crippen LogP contribution in [0.25, 0.3) is 5.78 Å². The van der Waals surface area contributed by atoms with Gasteiger partial charge < -0.3 is 14.4 Å². The Labute approximate surface area is 140 Å². The molecule has 2 aromatic heterocycles. The molecular formula is C16H23N5O3. The molecule has 1 aliphatic rings. The fourth-order valence-corrected chi connectivity index (χ4v) is 3.22. The van der Waals surface area contributed by atoms with Crippen LogP contribution in [0.15, 0.2) is 6.33 Å². The third-order valence-corrected chi connectivity index (χ3v) is 4.35. The number of hydrogen-bond acceptors (Lipinski definition) is 7. The molecule has 24 heavy (non-hydrogen) atoms. The molecule has 0 aliphatic carbocycles. The van der Waals surface area contributed by atoms with Crippen molar-refractivity contribution < 1.29 is 14.3 Å². The zero-order valence-corrected chi connectivity index (χ0v) is 14.4. The average Bonchev–Trinajstić information content (AvgIpc) is 3.06. The van der Waals surface area contributed by atoms with Crippen molar-refractivity contribution in [2.24, 2.45) is 0 Å². The van der Waals surface area contributed by atoms with Gasteiger partial charge in [-0.25, -0.2) is 9.78 Å². The highest BCUT2D eigenvalue weighted by Gasteiger charge is 2.28. The lowest BCUT2D eigenvalue weighted by atomic mass is 10.1. The number of fused-ring (bicyclic) bond motifs is 1. The summed E-state index contributed by atoms with van der Waals surface area (Å²) in [5.74, 6) is 0.837. The molecule has 0 unspecified atom stereocenters. The van der Waals surface area contributed by atoms with Gasteiger partial charge in [-0.1, -0.05) is 0 Å². The lowest BCUT2D eigenvalue weighted by molar-refractivity contribution is 0.0518. The summed E-state index contributed by atoms with van der Waals surface area (Å²) in [6.45, 7) is 8.37. The third-order valence-electron chi connectivity index (χ3n) is 4.35. The number of anilines is 1. The molecular weight excluding hydrogens is 310 g/mol. The molecule has 0 saturated carbocycles. The fourth-order valence-electron chi connectivity index (χ4n) is 3.22. The lowest BCUT2D eigenvalue weighted by Crippen LogP contribution is -2.41. The molecule has 0 atom stereocenters. The Morgan fingerprint density at radius 1 is 1.42 bits per heavy atom. The minimum absolute atomic E-state index is 0.304. The van der Waals surface area contributed by atoms with E-state index < -0.39 is 5.97 Å². The largest absolute Gasteiger partial charge is 0.461 e. The molecule has 3 rings (SSSR count). The van der Waals surface area contributed by atoms with E-state index in [2.05, 4.69) is 26.9 Å². The van der Waals surface area contributed by atoms with Gasteiger partial charge in [-0.3, -0.25) is 0 Å². The topological polar surface area (TPSA) is 81.8 Å². The molecule has 0 spiro atoms. The van der Waals surface area contributed by atoms with E-state index in [1.165, 1.54) is 6.33 Å². The second kappa shape index (κ2) is 7.12. The Morgan fingerprint density at radius 2 is 2.17 bits per heavy atom. The molecule has 130 valence electrons. The number of ether oxygens (including phenoxy) is 2. The van der Waals surface area contributed by atoms with Gasteiger partial charge >= 0.3 is 5.97 Å². The Hall–Kier alpha value is -2.22. The van der Waals surface area contributed by atoms with E-state index in [0.29, 0.717) is 24.1 Å². The summed E-state index contributed by atoms with van der Waals surface area (Å²) in [7, 11) is 0. The van der Waals surface area contributed by atoms with Gasteiger partial charge in [0.15, 0.2) is 5.69 Å². The highest BCUT2D eigenvalue weighted by Crippen LogP contribution is 2.28. The molecule has 0 N–H and O–H groups in total. The molecule has 1 aliphatic heterocycles. The second-order valence-electron chi connectivity index (χ2n) is 5.73. The van der Waals surface area contributed by atoms with Gasteiger partial charge in [0, 0.05) is 31.4 Å². The van der Waals surface area contributed by atoms with E-state index in [1.807, 2.05) is 6.92 Å². The van der Waals surface area contributed by atoms with Crippen molar-refractivity contribution in [3.63, 3.8) is 0 Å². The summed E-state index contributed by atoms with van der Waals surface area (Å²) in [5, 5.41) is 4.31.